The van der Waals surface area contributed by atoms with Crippen LogP contribution in [0.25, 0.3) is 0 Å². The Kier molecular flexibility index (Phi) is 7.80. The molecule has 0 heterocycles. The number of hydrogen-bond acceptors (Lipinski definition) is 5. The van der Waals surface area contributed by atoms with Crippen molar-refractivity contribution < 1.29 is 14.6 Å². The second-order valence-electron chi connectivity index (χ2n) is 4.35. The van der Waals surface area contributed by atoms with Gasteiger partial charge in [0, 0.05) is 18.1 Å². The molecule has 0 spiro atoms. The number of ether oxygens (including phenoxy) is 1. The lowest BCUT2D eigenvalue weighted by molar-refractivity contribution is -0.156. The van der Waals surface area contributed by atoms with E-state index in [9.17, 15) is 9.90 Å². The predicted octanol–water partition coefficient (Wildman–Crippen LogP) is 1.02. The number of nitrogens with two attached hydrogens (primary N) is 1. The van der Waals surface area contributed by atoms with Crippen LogP contribution in [0.4, 0.5) is 0 Å². The summed E-state index contributed by atoms with van der Waals surface area (Å²) in [6.45, 7) is 6.28. The van der Waals surface area contributed by atoms with Gasteiger partial charge in [0.1, 0.15) is 6.61 Å². The molecular formula is C11H23NO3S. The van der Waals surface area contributed by atoms with E-state index in [0.29, 0.717) is 12.3 Å². The first-order chi connectivity index (χ1) is 7.44. The second kappa shape index (κ2) is 7.92. The Morgan fingerprint density at radius 1 is 1.56 bits per heavy atom. The Hall–Kier alpha value is -0.260. The van der Waals surface area contributed by atoms with Gasteiger partial charge in [-0.25, -0.2) is 0 Å². The van der Waals surface area contributed by atoms with Crippen LogP contribution in [0, 0.1) is 5.41 Å². The first kappa shape index (κ1) is 15.7. The van der Waals surface area contributed by atoms with Crippen LogP contribution in [-0.4, -0.2) is 41.8 Å². The summed E-state index contributed by atoms with van der Waals surface area (Å²) in [4.78, 5) is 11.6. The summed E-state index contributed by atoms with van der Waals surface area (Å²) in [6.07, 6.45) is 0.122. The molecule has 0 aliphatic heterocycles. The molecule has 1 unspecified atom stereocenters. The highest BCUT2D eigenvalue weighted by atomic mass is 32.2. The molecule has 0 saturated carbocycles. The topological polar surface area (TPSA) is 72.5 Å². The summed E-state index contributed by atoms with van der Waals surface area (Å²) < 4.78 is 5.06. The van der Waals surface area contributed by atoms with Gasteiger partial charge in [-0.2, -0.15) is 11.8 Å². The van der Waals surface area contributed by atoms with Crippen molar-refractivity contribution in [2.75, 3.05) is 24.7 Å². The number of hydrogen-bond donors (Lipinski definition) is 2. The van der Waals surface area contributed by atoms with Gasteiger partial charge >= 0.3 is 5.97 Å². The largest absolute Gasteiger partial charge is 0.462 e. The molecule has 0 saturated heterocycles. The van der Waals surface area contributed by atoms with Gasteiger partial charge in [0.2, 0.25) is 0 Å². The molecule has 0 aliphatic rings. The van der Waals surface area contributed by atoms with E-state index in [0.717, 1.165) is 12.2 Å². The zero-order chi connectivity index (χ0) is 12.6. The van der Waals surface area contributed by atoms with E-state index in [1.165, 1.54) is 0 Å². The Labute approximate surface area is 102 Å². The normalized spacial score (nSPS) is 13.6. The van der Waals surface area contributed by atoms with Gasteiger partial charge in [-0.3, -0.25) is 4.79 Å². The molecule has 5 heteroatoms. The van der Waals surface area contributed by atoms with Crippen LogP contribution < -0.4 is 5.73 Å². The number of aliphatic hydroxyl groups is 1. The van der Waals surface area contributed by atoms with Crippen LogP contribution in [-0.2, 0) is 9.53 Å². The molecule has 0 bridgehead atoms. The van der Waals surface area contributed by atoms with Crippen molar-refractivity contribution in [3.8, 4) is 0 Å². The molecule has 0 aromatic carbocycles. The van der Waals surface area contributed by atoms with E-state index in [1.807, 2.05) is 20.8 Å². The van der Waals surface area contributed by atoms with E-state index in [-0.39, 0.29) is 12.6 Å². The zero-order valence-electron chi connectivity index (χ0n) is 10.4. The SMILES string of the molecule is CCC(C)(C)C(=O)OCC(O)CSCCN. The van der Waals surface area contributed by atoms with Crippen molar-refractivity contribution in [1.29, 1.82) is 0 Å². The predicted molar refractivity (Wildman–Crippen MR) is 67.4 cm³/mol. The lowest BCUT2D eigenvalue weighted by Gasteiger charge is -2.21. The molecule has 0 aliphatic carbocycles. The quantitative estimate of drug-likeness (QED) is 0.496. The second-order valence-corrected chi connectivity index (χ2v) is 5.50. The fourth-order valence-corrected chi connectivity index (χ4v) is 1.56. The summed E-state index contributed by atoms with van der Waals surface area (Å²) in [7, 11) is 0. The van der Waals surface area contributed by atoms with Gasteiger partial charge in [0.25, 0.3) is 0 Å². The van der Waals surface area contributed by atoms with Gasteiger partial charge < -0.3 is 15.6 Å². The summed E-state index contributed by atoms with van der Waals surface area (Å²) in [6, 6.07) is 0. The number of aliphatic hydroxyl groups excluding tert-OH is 1. The first-order valence-electron chi connectivity index (χ1n) is 5.57. The summed E-state index contributed by atoms with van der Waals surface area (Å²) in [5.74, 6) is 1.11. The summed E-state index contributed by atoms with van der Waals surface area (Å²) in [5, 5.41) is 9.52. The molecule has 4 nitrogen and oxygen atoms in total. The van der Waals surface area contributed by atoms with Crippen LogP contribution in [0.1, 0.15) is 27.2 Å². The number of rotatable bonds is 8. The molecule has 16 heavy (non-hydrogen) atoms. The summed E-state index contributed by atoms with van der Waals surface area (Å²) >= 11 is 1.56. The van der Waals surface area contributed by atoms with Crippen LogP contribution >= 0.6 is 11.8 Å². The fraction of sp³-hybridized carbons (Fsp3) is 0.909. The highest BCUT2D eigenvalue weighted by Gasteiger charge is 2.27. The molecular weight excluding hydrogens is 226 g/mol. The maximum atomic E-state index is 11.6. The van der Waals surface area contributed by atoms with Crippen molar-refractivity contribution in [3.05, 3.63) is 0 Å². The lowest BCUT2D eigenvalue weighted by Crippen LogP contribution is -2.30. The van der Waals surface area contributed by atoms with Gasteiger partial charge in [-0.1, -0.05) is 6.92 Å². The zero-order valence-corrected chi connectivity index (χ0v) is 11.2. The van der Waals surface area contributed by atoms with Gasteiger partial charge in [-0.15, -0.1) is 0 Å². The number of esters is 1. The Bertz CT molecular complexity index is 209. The molecule has 0 fully saturated rings. The van der Waals surface area contributed by atoms with E-state index in [1.54, 1.807) is 11.8 Å². The van der Waals surface area contributed by atoms with Gasteiger partial charge in [-0.05, 0) is 20.3 Å². The van der Waals surface area contributed by atoms with Crippen molar-refractivity contribution in [3.63, 3.8) is 0 Å². The third-order valence-electron chi connectivity index (χ3n) is 2.42. The standard InChI is InChI=1S/C11H23NO3S/c1-4-11(2,3)10(14)15-7-9(13)8-16-6-5-12/h9,13H,4-8,12H2,1-3H3. The highest BCUT2D eigenvalue weighted by Crippen LogP contribution is 2.21. The van der Waals surface area contributed by atoms with Crippen molar-refractivity contribution in [2.24, 2.45) is 11.1 Å². The van der Waals surface area contributed by atoms with E-state index >= 15 is 0 Å². The Morgan fingerprint density at radius 3 is 2.69 bits per heavy atom. The maximum Gasteiger partial charge on any atom is 0.311 e. The fourth-order valence-electron chi connectivity index (χ4n) is 0.862. The minimum absolute atomic E-state index is 0.0693. The maximum absolute atomic E-state index is 11.6. The van der Waals surface area contributed by atoms with Gasteiger partial charge in [0.05, 0.1) is 11.5 Å². The summed E-state index contributed by atoms with van der Waals surface area (Å²) in [5.41, 5.74) is 4.86. The average molecular weight is 249 g/mol. The molecule has 96 valence electrons. The Balaban J connectivity index is 3.75. The first-order valence-corrected chi connectivity index (χ1v) is 6.72. The minimum Gasteiger partial charge on any atom is -0.462 e. The number of carbonyl (C=O) groups excluding carboxylic acids is 1. The lowest BCUT2D eigenvalue weighted by atomic mass is 9.91. The Morgan fingerprint density at radius 2 is 2.19 bits per heavy atom. The van der Waals surface area contributed by atoms with Crippen molar-refractivity contribution in [1.82, 2.24) is 0 Å². The van der Waals surface area contributed by atoms with Crippen LogP contribution in [0.3, 0.4) is 0 Å². The van der Waals surface area contributed by atoms with E-state index in [2.05, 4.69) is 0 Å². The monoisotopic (exact) mass is 249 g/mol. The van der Waals surface area contributed by atoms with Crippen molar-refractivity contribution >= 4 is 17.7 Å². The number of thioether (sulfide) groups is 1. The van der Waals surface area contributed by atoms with E-state index < -0.39 is 11.5 Å². The molecule has 0 radical (unpaired) electrons. The third-order valence-corrected chi connectivity index (χ3v) is 3.56. The molecule has 0 aromatic heterocycles. The van der Waals surface area contributed by atoms with Crippen LogP contribution in [0.5, 0.6) is 0 Å². The average Bonchev–Trinajstić information content (AvgIpc) is 2.26. The molecule has 0 aromatic rings. The van der Waals surface area contributed by atoms with Crippen LogP contribution in [0.15, 0.2) is 0 Å². The molecule has 0 amide bonds. The number of carbonyl (C=O) groups is 1. The minimum atomic E-state index is -0.604. The smallest absolute Gasteiger partial charge is 0.311 e. The highest BCUT2D eigenvalue weighted by molar-refractivity contribution is 7.99. The molecule has 3 N–H and O–H groups in total. The van der Waals surface area contributed by atoms with E-state index in [4.69, 9.17) is 10.5 Å². The molecule has 1 atom stereocenters. The molecule has 0 rings (SSSR count). The van der Waals surface area contributed by atoms with Gasteiger partial charge in [0.15, 0.2) is 0 Å². The van der Waals surface area contributed by atoms with Crippen LogP contribution in [0.2, 0.25) is 0 Å². The van der Waals surface area contributed by atoms with Crippen molar-refractivity contribution in [2.45, 2.75) is 33.3 Å². The third kappa shape index (κ3) is 6.35.